The van der Waals surface area contributed by atoms with Gasteiger partial charge in [0.1, 0.15) is 18.4 Å². The van der Waals surface area contributed by atoms with Gasteiger partial charge in [-0.15, -0.1) is 0 Å². The van der Waals surface area contributed by atoms with Crippen LogP contribution in [0.15, 0.2) is 30.5 Å². The van der Waals surface area contributed by atoms with E-state index >= 15 is 0 Å². The van der Waals surface area contributed by atoms with Crippen LogP contribution in [0.3, 0.4) is 0 Å². The van der Waals surface area contributed by atoms with E-state index in [4.69, 9.17) is 4.74 Å². The number of anilines is 1. The molecule has 1 atom stereocenters. The lowest BCUT2D eigenvalue weighted by atomic mass is 10.2. The number of imidazole rings is 1. The van der Waals surface area contributed by atoms with Gasteiger partial charge in [-0.1, -0.05) is 12.1 Å². The molecule has 0 aliphatic rings. The molecule has 1 aromatic carbocycles. The molecular formula is C19H21F3N4O5. The van der Waals surface area contributed by atoms with E-state index in [0.717, 1.165) is 10.8 Å². The van der Waals surface area contributed by atoms with Gasteiger partial charge in [0.25, 0.3) is 5.91 Å². The van der Waals surface area contributed by atoms with Crippen molar-refractivity contribution in [3.8, 4) is 5.75 Å². The van der Waals surface area contributed by atoms with E-state index in [1.165, 1.54) is 50.2 Å². The first-order chi connectivity index (χ1) is 14.4. The standard InChI is InChI=1S/C19H21F3N4O5/c1-11(27)17(30)31-14-7-5-4-6-13(14)16(29)24-18-23-12(8-19(20,21)22)9-26(18)10-15(28)25(2)3/h4-7,9,11,27H,8,10H2,1-3H3,(H,23,24,29). The number of ether oxygens (including phenoxy) is 1. The second-order valence-electron chi connectivity index (χ2n) is 6.81. The van der Waals surface area contributed by atoms with Gasteiger partial charge in [0, 0.05) is 20.3 Å². The molecule has 0 bridgehead atoms. The lowest BCUT2D eigenvalue weighted by Crippen LogP contribution is -2.27. The first kappa shape index (κ1) is 23.9. The number of carbonyl (C=O) groups is 3. The minimum Gasteiger partial charge on any atom is -0.424 e. The largest absolute Gasteiger partial charge is 0.424 e. The van der Waals surface area contributed by atoms with E-state index in [2.05, 4.69) is 10.3 Å². The highest BCUT2D eigenvalue weighted by Crippen LogP contribution is 2.24. The third kappa shape index (κ3) is 6.81. The maximum Gasteiger partial charge on any atom is 0.394 e. The Balaban J connectivity index is 2.33. The summed E-state index contributed by atoms with van der Waals surface area (Å²) in [6.45, 7) is 0.831. The number of rotatable bonds is 7. The molecule has 12 heteroatoms. The number of carbonyl (C=O) groups excluding carboxylic acids is 3. The van der Waals surface area contributed by atoms with Crippen molar-refractivity contribution in [2.45, 2.75) is 32.2 Å². The van der Waals surface area contributed by atoms with Crippen molar-refractivity contribution in [3.63, 3.8) is 0 Å². The number of hydrogen-bond donors (Lipinski definition) is 2. The second kappa shape index (κ2) is 9.60. The Hall–Kier alpha value is -3.41. The fourth-order valence-electron chi connectivity index (χ4n) is 2.37. The summed E-state index contributed by atoms with van der Waals surface area (Å²) in [5.41, 5.74) is -0.509. The number of esters is 1. The summed E-state index contributed by atoms with van der Waals surface area (Å²) in [6.07, 6.45) is -6.28. The van der Waals surface area contributed by atoms with Crippen LogP contribution in [0.1, 0.15) is 23.0 Å². The molecule has 2 rings (SSSR count). The van der Waals surface area contributed by atoms with Crippen LogP contribution in [0, 0.1) is 0 Å². The normalized spacial score (nSPS) is 12.2. The summed E-state index contributed by atoms with van der Waals surface area (Å²) in [4.78, 5) is 41.4. The third-order valence-electron chi connectivity index (χ3n) is 3.92. The summed E-state index contributed by atoms with van der Waals surface area (Å²) in [7, 11) is 2.95. The van der Waals surface area contributed by atoms with Gasteiger partial charge < -0.3 is 19.3 Å². The number of nitrogens with one attached hydrogen (secondary N) is 1. The molecule has 9 nitrogen and oxygen atoms in total. The second-order valence-corrected chi connectivity index (χ2v) is 6.81. The fourth-order valence-corrected chi connectivity index (χ4v) is 2.37. The summed E-state index contributed by atoms with van der Waals surface area (Å²) in [5, 5.41) is 11.6. The Bertz CT molecular complexity index is 970. The van der Waals surface area contributed by atoms with Crippen molar-refractivity contribution in [1.82, 2.24) is 14.5 Å². The molecule has 1 unspecified atom stereocenters. The highest BCUT2D eigenvalue weighted by atomic mass is 19.4. The molecule has 0 aliphatic heterocycles. The molecule has 2 amide bonds. The molecule has 0 fully saturated rings. The highest BCUT2D eigenvalue weighted by Gasteiger charge is 2.30. The van der Waals surface area contributed by atoms with Crippen LogP contribution in [0.5, 0.6) is 5.75 Å². The van der Waals surface area contributed by atoms with Gasteiger partial charge >= 0.3 is 12.1 Å². The van der Waals surface area contributed by atoms with Crippen molar-refractivity contribution in [3.05, 3.63) is 41.7 Å². The van der Waals surface area contributed by atoms with E-state index in [0.29, 0.717) is 0 Å². The van der Waals surface area contributed by atoms with Crippen LogP contribution < -0.4 is 10.1 Å². The molecule has 0 aliphatic carbocycles. The van der Waals surface area contributed by atoms with Crippen molar-refractivity contribution in [2.24, 2.45) is 0 Å². The average Bonchev–Trinajstić information content (AvgIpc) is 3.00. The summed E-state index contributed by atoms with van der Waals surface area (Å²) in [5.74, 6) is -2.71. The lowest BCUT2D eigenvalue weighted by molar-refractivity contribution is -0.142. The number of amides is 2. The number of aliphatic hydroxyl groups excluding tert-OH is 1. The van der Waals surface area contributed by atoms with Crippen LogP contribution in [0.25, 0.3) is 0 Å². The van der Waals surface area contributed by atoms with E-state index in [9.17, 15) is 32.7 Å². The van der Waals surface area contributed by atoms with Crippen LogP contribution in [0.2, 0.25) is 0 Å². The van der Waals surface area contributed by atoms with Gasteiger partial charge in [0.15, 0.2) is 0 Å². The summed E-state index contributed by atoms with van der Waals surface area (Å²) < 4.78 is 44.3. The topological polar surface area (TPSA) is 114 Å². The molecule has 168 valence electrons. The van der Waals surface area contributed by atoms with Crippen molar-refractivity contribution in [1.29, 1.82) is 0 Å². The number of halogens is 3. The number of aliphatic hydroxyl groups is 1. The monoisotopic (exact) mass is 442 g/mol. The summed E-state index contributed by atoms with van der Waals surface area (Å²) >= 11 is 0. The quantitative estimate of drug-likeness (QED) is 0.498. The molecular weight excluding hydrogens is 421 g/mol. The maximum absolute atomic E-state index is 12.8. The predicted molar refractivity (Wildman–Crippen MR) is 102 cm³/mol. The minimum atomic E-state index is -4.53. The van der Waals surface area contributed by atoms with Gasteiger partial charge in [-0.3, -0.25) is 14.9 Å². The van der Waals surface area contributed by atoms with Gasteiger partial charge in [-0.2, -0.15) is 13.2 Å². The lowest BCUT2D eigenvalue weighted by Gasteiger charge is -2.14. The molecule has 2 aromatic rings. The number of aromatic nitrogens is 2. The van der Waals surface area contributed by atoms with E-state index in [1.807, 2.05) is 0 Å². The fraction of sp³-hybridized carbons (Fsp3) is 0.368. The van der Waals surface area contributed by atoms with Crippen molar-refractivity contribution in [2.75, 3.05) is 19.4 Å². The number of nitrogens with zero attached hydrogens (tertiary/aromatic N) is 3. The van der Waals surface area contributed by atoms with Gasteiger partial charge in [0.05, 0.1) is 17.7 Å². The zero-order valence-corrected chi connectivity index (χ0v) is 16.9. The average molecular weight is 442 g/mol. The molecule has 0 spiro atoms. The number of para-hydroxylation sites is 1. The van der Waals surface area contributed by atoms with Crippen LogP contribution in [-0.4, -0.2) is 63.7 Å². The summed E-state index contributed by atoms with van der Waals surface area (Å²) in [6, 6.07) is 5.59. The van der Waals surface area contributed by atoms with E-state index < -0.39 is 36.5 Å². The Morgan fingerprint density at radius 1 is 1.26 bits per heavy atom. The van der Waals surface area contributed by atoms with Gasteiger partial charge in [-0.05, 0) is 19.1 Å². The Morgan fingerprint density at radius 3 is 2.48 bits per heavy atom. The molecule has 0 saturated carbocycles. The highest BCUT2D eigenvalue weighted by molar-refractivity contribution is 6.06. The number of benzene rings is 1. The Labute approximate surface area is 175 Å². The van der Waals surface area contributed by atoms with Crippen molar-refractivity contribution < 1.29 is 37.4 Å². The van der Waals surface area contributed by atoms with Gasteiger partial charge in [0.2, 0.25) is 11.9 Å². The van der Waals surface area contributed by atoms with Crippen LogP contribution in [0.4, 0.5) is 19.1 Å². The Morgan fingerprint density at radius 2 is 1.90 bits per heavy atom. The zero-order chi connectivity index (χ0) is 23.3. The first-order valence-electron chi connectivity index (χ1n) is 9.00. The molecule has 2 N–H and O–H groups in total. The number of likely N-dealkylation sites (N-methyl/N-ethyl adjacent to an activating group) is 1. The Kier molecular flexibility index (Phi) is 7.39. The maximum atomic E-state index is 12.8. The van der Waals surface area contributed by atoms with Gasteiger partial charge in [-0.25, -0.2) is 9.78 Å². The molecule has 0 saturated heterocycles. The minimum absolute atomic E-state index is 0.123. The number of alkyl halides is 3. The predicted octanol–water partition coefficient (Wildman–Crippen LogP) is 1.61. The van der Waals surface area contributed by atoms with Crippen LogP contribution in [-0.2, 0) is 22.6 Å². The molecule has 31 heavy (non-hydrogen) atoms. The first-order valence-corrected chi connectivity index (χ1v) is 9.00. The molecule has 1 aromatic heterocycles. The van der Waals surface area contributed by atoms with Crippen molar-refractivity contribution >= 4 is 23.7 Å². The SMILES string of the molecule is CC(O)C(=O)Oc1ccccc1C(=O)Nc1nc(CC(F)(F)F)cn1CC(=O)N(C)C. The number of hydrogen-bond acceptors (Lipinski definition) is 6. The smallest absolute Gasteiger partial charge is 0.394 e. The van der Waals surface area contributed by atoms with Crippen LogP contribution >= 0.6 is 0 Å². The molecule has 0 radical (unpaired) electrons. The zero-order valence-electron chi connectivity index (χ0n) is 16.9. The van der Waals surface area contributed by atoms with E-state index in [1.54, 1.807) is 0 Å². The third-order valence-corrected chi connectivity index (χ3v) is 3.92. The van der Waals surface area contributed by atoms with E-state index in [-0.39, 0.29) is 29.5 Å². The molecule has 1 heterocycles.